The van der Waals surface area contributed by atoms with Gasteiger partial charge in [0.2, 0.25) is 0 Å². The van der Waals surface area contributed by atoms with E-state index in [0.717, 1.165) is 0 Å². The van der Waals surface area contributed by atoms with Gasteiger partial charge in [-0.15, -0.1) is 0 Å². The lowest BCUT2D eigenvalue weighted by atomic mass is 10.1. The molecule has 3 aromatic rings. The van der Waals surface area contributed by atoms with E-state index in [0.29, 0.717) is 5.69 Å². The van der Waals surface area contributed by atoms with E-state index in [1.807, 2.05) is 0 Å². The number of hydrogen-bond donors (Lipinski definition) is 1. The van der Waals surface area contributed by atoms with E-state index in [4.69, 9.17) is 0 Å². The highest BCUT2D eigenvalue weighted by Gasteiger charge is 2.22. The maximum absolute atomic E-state index is 14.2. The molecular weight excluding hydrogens is 371 g/mol. The number of halogens is 1. The number of sulfonamides is 1. The van der Waals surface area contributed by atoms with E-state index < -0.39 is 21.8 Å². The molecule has 6 nitrogen and oxygen atoms in total. The minimum atomic E-state index is -4.12. The monoisotopic (exact) mass is 388 g/mol. The quantitative estimate of drug-likeness (QED) is 0.679. The molecule has 0 bridgehead atoms. The maximum atomic E-state index is 14.2. The zero-order chi connectivity index (χ0) is 19.6. The second-order valence-electron chi connectivity index (χ2n) is 5.78. The van der Waals surface area contributed by atoms with Crippen molar-refractivity contribution >= 4 is 21.7 Å². The fraction of sp³-hybridized carbons (Fsp3) is 0.105. The molecule has 0 aliphatic carbocycles. The molecule has 0 unspecified atom stereocenters. The van der Waals surface area contributed by atoms with Crippen LogP contribution < -0.4 is 4.72 Å². The minimum Gasteiger partial charge on any atom is -0.465 e. The van der Waals surface area contributed by atoms with E-state index in [1.165, 1.54) is 50.4 Å². The van der Waals surface area contributed by atoms with E-state index in [9.17, 15) is 17.6 Å². The van der Waals surface area contributed by atoms with Crippen LogP contribution in [0.5, 0.6) is 0 Å². The molecule has 0 fully saturated rings. The fourth-order valence-corrected chi connectivity index (χ4v) is 4.02. The molecule has 1 N–H and O–H groups in total. The largest absolute Gasteiger partial charge is 0.465 e. The first-order valence-electron chi connectivity index (χ1n) is 7.97. The standard InChI is InChI=1S/C19H17FN2O4S/c1-13-15(19(23)26-2)6-5-7-18(13)27(24,25)21-17-12-14(8-9-16(17)20)22-10-3-4-11-22/h3-12,21H,1-2H3. The number of carbonyl (C=O) groups excluding carboxylic acids is 1. The van der Waals surface area contributed by atoms with Crippen molar-refractivity contribution in [3.05, 3.63) is 77.9 Å². The molecule has 140 valence electrons. The third-order valence-corrected chi connectivity index (χ3v) is 5.59. The SMILES string of the molecule is COC(=O)c1cccc(S(=O)(=O)Nc2cc(-n3cccc3)ccc2F)c1C. The number of esters is 1. The Bertz CT molecular complexity index is 1090. The van der Waals surface area contributed by atoms with Crippen LogP contribution in [0.4, 0.5) is 10.1 Å². The van der Waals surface area contributed by atoms with Gasteiger partial charge >= 0.3 is 5.97 Å². The highest BCUT2D eigenvalue weighted by atomic mass is 32.2. The van der Waals surface area contributed by atoms with E-state index in [1.54, 1.807) is 29.1 Å². The van der Waals surface area contributed by atoms with Gasteiger partial charge in [0.25, 0.3) is 10.0 Å². The van der Waals surface area contributed by atoms with Crippen molar-refractivity contribution in [2.45, 2.75) is 11.8 Å². The first-order valence-corrected chi connectivity index (χ1v) is 9.45. The predicted molar refractivity (Wildman–Crippen MR) is 99.1 cm³/mol. The van der Waals surface area contributed by atoms with Crippen LogP contribution in [0, 0.1) is 12.7 Å². The maximum Gasteiger partial charge on any atom is 0.338 e. The summed E-state index contributed by atoms with van der Waals surface area (Å²) < 4.78 is 48.5. The Morgan fingerprint density at radius 1 is 1.11 bits per heavy atom. The molecule has 0 atom stereocenters. The molecule has 0 amide bonds. The van der Waals surface area contributed by atoms with Crippen LogP contribution in [0.1, 0.15) is 15.9 Å². The molecule has 0 aliphatic rings. The highest BCUT2D eigenvalue weighted by molar-refractivity contribution is 7.92. The van der Waals surface area contributed by atoms with Gasteiger partial charge in [-0.3, -0.25) is 4.72 Å². The molecule has 1 aromatic heterocycles. The number of methoxy groups -OCH3 is 1. The third kappa shape index (κ3) is 3.70. The Kier molecular flexibility index (Phi) is 5.00. The van der Waals surface area contributed by atoms with Crippen molar-refractivity contribution in [1.82, 2.24) is 4.57 Å². The number of rotatable bonds is 5. The second-order valence-corrected chi connectivity index (χ2v) is 7.43. The highest BCUT2D eigenvalue weighted by Crippen LogP contribution is 2.25. The number of benzene rings is 2. The van der Waals surface area contributed by atoms with Crippen molar-refractivity contribution in [1.29, 1.82) is 0 Å². The molecule has 2 aromatic carbocycles. The molecule has 0 saturated carbocycles. The second kappa shape index (κ2) is 7.24. The first kappa shape index (κ1) is 18.7. The van der Waals surface area contributed by atoms with Crippen LogP contribution in [0.3, 0.4) is 0 Å². The Hall–Kier alpha value is -3.13. The van der Waals surface area contributed by atoms with Crippen LogP contribution in [-0.2, 0) is 14.8 Å². The lowest BCUT2D eigenvalue weighted by Gasteiger charge is -2.14. The lowest BCUT2D eigenvalue weighted by molar-refractivity contribution is 0.0599. The predicted octanol–water partition coefficient (Wildman–Crippen LogP) is 3.51. The van der Waals surface area contributed by atoms with E-state index in [2.05, 4.69) is 9.46 Å². The van der Waals surface area contributed by atoms with Gasteiger partial charge in [-0.2, -0.15) is 0 Å². The summed E-state index contributed by atoms with van der Waals surface area (Å²) in [7, 11) is -2.91. The molecule has 0 radical (unpaired) electrons. The van der Waals surface area contributed by atoms with Gasteiger partial charge in [0.15, 0.2) is 0 Å². The zero-order valence-corrected chi connectivity index (χ0v) is 15.5. The Morgan fingerprint density at radius 3 is 2.48 bits per heavy atom. The Morgan fingerprint density at radius 2 is 1.81 bits per heavy atom. The molecule has 1 heterocycles. The summed E-state index contributed by atoms with van der Waals surface area (Å²) in [4.78, 5) is 11.7. The van der Waals surface area contributed by atoms with Gasteiger partial charge < -0.3 is 9.30 Å². The topological polar surface area (TPSA) is 77.4 Å². The van der Waals surface area contributed by atoms with E-state index in [-0.39, 0.29) is 21.7 Å². The summed E-state index contributed by atoms with van der Waals surface area (Å²) >= 11 is 0. The molecular formula is C19H17FN2O4S. The van der Waals surface area contributed by atoms with Gasteiger partial charge in [-0.1, -0.05) is 6.07 Å². The summed E-state index contributed by atoms with van der Waals surface area (Å²) in [6.45, 7) is 1.49. The molecule has 8 heteroatoms. The third-order valence-electron chi connectivity index (χ3n) is 4.08. The van der Waals surface area contributed by atoms with Crippen molar-refractivity contribution in [2.24, 2.45) is 0 Å². The Labute approximate surface area is 156 Å². The van der Waals surface area contributed by atoms with Crippen LogP contribution in [0.15, 0.2) is 65.8 Å². The molecule has 0 spiro atoms. The van der Waals surface area contributed by atoms with Crippen LogP contribution >= 0.6 is 0 Å². The summed E-state index contributed by atoms with van der Waals surface area (Å²) in [5.74, 6) is -1.36. The van der Waals surface area contributed by atoms with E-state index >= 15 is 0 Å². The number of ether oxygens (including phenoxy) is 1. The molecule has 3 rings (SSSR count). The van der Waals surface area contributed by atoms with Crippen LogP contribution in [0.2, 0.25) is 0 Å². The lowest BCUT2D eigenvalue weighted by Crippen LogP contribution is -2.17. The van der Waals surface area contributed by atoms with Crippen LogP contribution in [-0.4, -0.2) is 26.1 Å². The summed E-state index contributed by atoms with van der Waals surface area (Å²) in [6, 6.07) is 12.0. The molecule has 27 heavy (non-hydrogen) atoms. The molecule has 0 aliphatic heterocycles. The molecule has 0 saturated heterocycles. The summed E-state index contributed by atoms with van der Waals surface area (Å²) in [5.41, 5.74) is 0.754. The van der Waals surface area contributed by atoms with Gasteiger partial charge in [0, 0.05) is 18.1 Å². The number of hydrogen-bond acceptors (Lipinski definition) is 4. The first-order chi connectivity index (χ1) is 12.8. The fourth-order valence-electron chi connectivity index (χ4n) is 2.70. The average Bonchev–Trinajstić information content (AvgIpc) is 3.17. The van der Waals surface area contributed by atoms with Crippen molar-refractivity contribution in [3.63, 3.8) is 0 Å². The van der Waals surface area contributed by atoms with Crippen LogP contribution in [0.25, 0.3) is 5.69 Å². The van der Waals surface area contributed by atoms with Crippen molar-refractivity contribution < 1.29 is 22.3 Å². The van der Waals surface area contributed by atoms with Gasteiger partial charge in [0.05, 0.1) is 23.3 Å². The number of nitrogens with one attached hydrogen (secondary N) is 1. The average molecular weight is 388 g/mol. The van der Waals surface area contributed by atoms with Gasteiger partial charge in [-0.25, -0.2) is 17.6 Å². The minimum absolute atomic E-state index is 0.127. The van der Waals surface area contributed by atoms with Gasteiger partial charge in [-0.05, 0) is 55.0 Å². The smallest absolute Gasteiger partial charge is 0.338 e. The van der Waals surface area contributed by atoms with Crippen molar-refractivity contribution in [3.8, 4) is 5.69 Å². The normalized spacial score (nSPS) is 11.2. The number of nitrogens with zero attached hydrogens (tertiary/aromatic N) is 1. The zero-order valence-electron chi connectivity index (χ0n) is 14.6. The summed E-state index contributed by atoms with van der Waals surface area (Å²) in [5, 5.41) is 0. The number of aromatic nitrogens is 1. The van der Waals surface area contributed by atoms with Gasteiger partial charge in [0.1, 0.15) is 5.82 Å². The van der Waals surface area contributed by atoms with Crippen molar-refractivity contribution in [2.75, 3.05) is 11.8 Å². The number of anilines is 1. The Balaban J connectivity index is 2.01. The summed E-state index contributed by atoms with van der Waals surface area (Å²) in [6.07, 6.45) is 3.52. The number of carbonyl (C=O) groups is 1.